The van der Waals surface area contributed by atoms with E-state index in [1.54, 1.807) is 0 Å². The molecule has 0 spiro atoms. The number of hydrogen-bond acceptors (Lipinski definition) is 2. The Hall–Kier alpha value is -1.91. The second-order valence-electron chi connectivity index (χ2n) is 7.61. The van der Waals surface area contributed by atoms with Crippen molar-refractivity contribution < 1.29 is 9.22 Å². The van der Waals surface area contributed by atoms with Crippen LogP contribution in [0, 0.1) is 5.41 Å². The highest BCUT2D eigenvalue weighted by atomic mass is 28.2. The van der Waals surface area contributed by atoms with Gasteiger partial charge in [0.05, 0.1) is 11.6 Å². The number of carbonyl (C=O) groups is 1. The van der Waals surface area contributed by atoms with Gasteiger partial charge in [0.15, 0.2) is 0 Å². The molecule has 0 bridgehead atoms. The Balaban J connectivity index is 2.54. The summed E-state index contributed by atoms with van der Waals surface area (Å²) in [6.07, 6.45) is 0. The highest BCUT2D eigenvalue weighted by molar-refractivity contribution is 6.06. The summed E-state index contributed by atoms with van der Waals surface area (Å²) in [6.45, 7) is 10.7. The SMILES string of the molecule is CC(N(C(=O)c1ccccc1)c1ccccc1)C(C)(O[SiH3])C(C)(C)C. The Morgan fingerprint density at radius 3 is 1.88 bits per heavy atom. The lowest BCUT2D eigenvalue weighted by atomic mass is 9.73. The largest absolute Gasteiger partial charge is 0.420 e. The van der Waals surface area contributed by atoms with Gasteiger partial charge in [-0.15, -0.1) is 0 Å². The standard InChI is InChI=1S/C21H29NO2Si/c1-16(21(5,24-25)20(2,3)4)22(18-14-10-7-11-15-18)19(23)17-12-8-6-9-13-17/h6-16H,1-5,25H3. The molecule has 0 radical (unpaired) electrons. The molecule has 2 atom stereocenters. The molecule has 0 aliphatic heterocycles. The summed E-state index contributed by atoms with van der Waals surface area (Å²) < 4.78 is 6.10. The first-order chi connectivity index (χ1) is 11.7. The zero-order valence-electron chi connectivity index (χ0n) is 16.1. The quantitative estimate of drug-likeness (QED) is 0.763. The third-order valence-corrected chi connectivity index (χ3v) is 6.22. The average Bonchev–Trinajstić information content (AvgIpc) is 2.61. The summed E-state index contributed by atoms with van der Waals surface area (Å²) in [5, 5.41) is 0. The van der Waals surface area contributed by atoms with Crippen molar-refractivity contribution in [3.63, 3.8) is 0 Å². The van der Waals surface area contributed by atoms with Crippen LogP contribution in [-0.2, 0) is 4.43 Å². The van der Waals surface area contributed by atoms with Gasteiger partial charge in [-0.05, 0) is 43.5 Å². The van der Waals surface area contributed by atoms with Gasteiger partial charge in [0.2, 0.25) is 0 Å². The van der Waals surface area contributed by atoms with Crippen LogP contribution in [0.15, 0.2) is 60.7 Å². The van der Waals surface area contributed by atoms with E-state index in [9.17, 15) is 4.79 Å². The van der Waals surface area contributed by atoms with Crippen LogP contribution in [0.5, 0.6) is 0 Å². The minimum Gasteiger partial charge on any atom is -0.420 e. The summed E-state index contributed by atoms with van der Waals surface area (Å²) in [5.74, 6) is -0.00603. The van der Waals surface area contributed by atoms with E-state index in [0.717, 1.165) is 5.69 Å². The van der Waals surface area contributed by atoms with E-state index < -0.39 is 5.60 Å². The average molecular weight is 356 g/mol. The molecule has 3 nitrogen and oxygen atoms in total. The van der Waals surface area contributed by atoms with Crippen LogP contribution in [0.25, 0.3) is 0 Å². The number of para-hydroxylation sites is 1. The summed E-state index contributed by atoms with van der Waals surface area (Å²) in [4.78, 5) is 15.2. The highest BCUT2D eigenvalue weighted by Gasteiger charge is 2.46. The lowest BCUT2D eigenvalue weighted by Gasteiger charge is -2.49. The maximum Gasteiger partial charge on any atom is 0.258 e. The molecule has 0 saturated carbocycles. The van der Waals surface area contributed by atoms with Gasteiger partial charge in [-0.25, -0.2) is 0 Å². The van der Waals surface area contributed by atoms with E-state index in [1.807, 2.05) is 65.6 Å². The van der Waals surface area contributed by atoms with Crippen molar-refractivity contribution in [2.75, 3.05) is 4.90 Å². The van der Waals surface area contributed by atoms with Crippen molar-refractivity contribution in [3.8, 4) is 0 Å². The topological polar surface area (TPSA) is 29.5 Å². The molecule has 0 aliphatic carbocycles. The van der Waals surface area contributed by atoms with E-state index in [0.29, 0.717) is 16.0 Å². The van der Waals surface area contributed by atoms with Crippen LogP contribution in [0.2, 0.25) is 0 Å². The number of amides is 1. The van der Waals surface area contributed by atoms with Crippen LogP contribution < -0.4 is 4.90 Å². The first-order valence-electron chi connectivity index (χ1n) is 8.71. The van der Waals surface area contributed by atoms with Crippen molar-refractivity contribution in [1.29, 1.82) is 0 Å². The lowest BCUT2D eigenvalue weighted by molar-refractivity contribution is -0.0288. The fourth-order valence-corrected chi connectivity index (χ4v) is 4.13. The van der Waals surface area contributed by atoms with E-state index in [2.05, 4.69) is 34.6 Å². The van der Waals surface area contributed by atoms with Crippen molar-refractivity contribution in [3.05, 3.63) is 66.2 Å². The summed E-state index contributed by atoms with van der Waals surface area (Å²) in [5.41, 5.74) is 0.998. The fraction of sp³-hybridized carbons (Fsp3) is 0.381. The van der Waals surface area contributed by atoms with E-state index >= 15 is 0 Å². The normalized spacial score (nSPS) is 15.4. The second-order valence-corrected chi connectivity index (χ2v) is 8.02. The molecule has 2 aromatic carbocycles. The number of carbonyl (C=O) groups excluding carboxylic acids is 1. The fourth-order valence-electron chi connectivity index (χ4n) is 3.17. The molecule has 0 aliphatic rings. The van der Waals surface area contributed by atoms with E-state index in [1.165, 1.54) is 0 Å². The Morgan fingerprint density at radius 1 is 0.960 bits per heavy atom. The van der Waals surface area contributed by atoms with E-state index in [4.69, 9.17) is 4.43 Å². The van der Waals surface area contributed by atoms with Crippen molar-refractivity contribution in [2.24, 2.45) is 5.41 Å². The number of rotatable bonds is 5. The molecular weight excluding hydrogens is 326 g/mol. The van der Waals surface area contributed by atoms with Crippen LogP contribution in [0.4, 0.5) is 5.69 Å². The third-order valence-electron chi connectivity index (χ3n) is 5.37. The van der Waals surface area contributed by atoms with Gasteiger partial charge in [0.25, 0.3) is 5.91 Å². The van der Waals surface area contributed by atoms with Crippen molar-refractivity contribution in [1.82, 2.24) is 0 Å². The van der Waals surface area contributed by atoms with Gasteiger partial charge in [0.1, 0.15) is 10.5 Å². The van der Waals surface area contributed by atoms with Gasteiger partial charge in [-0.1, -0.05) is 57.2 Å². The number of benzene rings is 2. The second kappa shape index (κ2) is 7.54. The summed E-state index contributed by atoms with van der Waals surface area (Å²) in [6, 6.07) is 19.2. The molecule has 0 saturated heterocycles. The van der Waals surface area contributed by atoms with E-state index in [-0.39, 0.29) is 17.4 Å². The first kappa shape index (κ1) is 19.4. The molecule has 0 N–H and O–H groups in total. The van der Waals surface area contributed by atoms with Crippen molar-refractivity contribution >= 4 is 22.1 Å². The molecule has 1 amide bonds. The third kappa shape index (κ3) is 3.85. The number of hydrogen-bond donors (Lipinski definition) is 0. The Morgan fingerprint density at radius 2 is 1.44 bits per heavy atom. The smallest absolute Gasteiger partial charge is 0.258 e. The highest BCUT2D eigenvalue weighted by Crippen LogP contribution is 2.39. The molecule has 0 fully saturated rings. The van der Waals surface area contributed by atoms with Crippen LogP contribution >= 0.6 is 0 Å². The van der Waals surface area contributed by atoms with Gasteiger partial charge in [-0.3, -0.25) is 4.79 Å². The Labute approximate surface area is 154 Å². The van der Waals surface area contributed by atoms with Crippen LogP contribution in [0.3, 0.4) is 0 Å². The molecule has 0 aromatic heterocycles. The maximum atomic E-state index is 13.4. The Kier molecular flexibility index (Phi) is 5.86. The molecule has 25 heavy (non-hydrogen) atoms. The monoisotopic (exact) mass is 355 g/mol. The minimum atomic E-state index is -0.459. The molecule has 2 rings (SSSR count). The minimum absolute atomic E-state index is 0.00603. The predicted molar refractivity (Wildman–Crippen MR) is 108 cm³/mol. The lowest BCUT2D eigenvalue weighted by Crippen LogP contribution is -2.59. The summed E-state index contributed by atoms with van der Waals surface area (Å²) >= 11 is 0. The summed E-state index contributed by atoms with van der Waals surface area (Å²) in [7, 11) is 0.612. The zero-order valence-corrected chi connectivity index (χ0v) is 18.1. The first-order valence-corrected chi connectivity index (χ1v) is 9.53. The van der Waals surface area contributed by atoms with Gasteiger partial charge in [0, 0.05) is 11.3 Å². The van der Waals surface area contributed by atoms with Crippen molar-refractivity contribution in [2.45, 2.75) is 46.3 Å². The van der Waals surface area contributed by atoms with Gasteiger partial charge < -0.3 is 9.33 Å². The number of nitrogens with zero attached hydrogens (tertiary/aromatic N) is 1. The molecule has 0 heterocycles. The molecule has 2 aromatic rings. The zero-order chi connectivity index (χ0) is 18.7. The molecular formula is C21H29NO2Si. The maximum absolute atomic E-state index is 13.4. The molecule has 2 unspecified atom stereocenters. The number of anilines is 1. The van der Waals surface area contributed by atoms with Gasteiger partial charge in [-0.2, -0.15) is 0 Å². The van der Waals surface area contributed by atoms with Crippen LogP contribution in [-0.4, -0.2) is 28.0 Å². The molecule has 134 valence electrons. The Bertz CT molecular complexity index is 697. The molecule has 4 heteroatoms. The predicted octanol–water partition coefficient (Wildman–Crippen LogP) is 3.82. The van der Waals surface area contributed by atoms with Gasteiger partial charge >= 0.3 is 0 Å². The van der Waals surface area contributed by atoms with Crippen LogP contribution in [0.1, 0.15) is 45.0 Å².